The van der Waals surface area contributed by atoms with E-state index in [1.54, 1.807) is 0 Å². The van der Waals surface area contributed by atoms with Crippen molar-refractivity contribution >= 4 is 5.91 Å². The number of hydrogen-bond donors (Lipinski definition) is 2. The van der Waals surface area contributed by atoms with Gasteiger partial charge in [0, 0.05) is 12.1 Å². The van der Waals surface area contributed by atoms with E-state index in [-0.39, 0.29) is 5.91 Å². The van der Waals surface area contributed by atoms with Crippen molar-refractivity contribution in [3.05, 3.63) is 34.9 Å². The summed E-state index contributed by atoms with van der Waals surface area (Å²) in [6, 6.07) is 5.94. The highest BCUT2D eigenvalue weighted by molar-refractivity contribution is 5.96. The lowest BCUT2D eigenvalue weighted by atomic mass is 9.86. The largest absolute Gasteiger partial charge is 0.388 e. The van der Waals surface area contributed by atoms with Gasteiger partial charge < -0.3 is 10.4 Å². The fraction of sp³-hybridized carbons (Fsp3) is 0.588. The zero-order valence-electron chi connectivity index (χ0n) is 12.1. The fourth-order valence-electron chi connectivity index (χ4n) is 3.67. The molecular formula is C17H23NO2. The molecule has 2 N–H and O–H groups in total. The first-order valence-electron chi connectivity index (χ1n) is 7.76. The molecule has 3 heteroatoms. The molecule has 0 bridgehead atoms. The summed E-state index contributed by atoms with van der Waals surface area (Å²) in [6.45, 7) is 2.96. The normalized spacial score (nSPS) is 27.6. The van der Waals surface area contributed by atoms with Gasteiger partial charge in [-0.2, -0.15) is 0 Å². The molecule has 0 radical (unpaired) electrons. The van der Waals surface area contributed by atoms with Crippen LogP contribution in [-0.4, -0.2) is 17.6 Å². The minimum absolute atomic E-state index is 0.00557. The molecule has 3 nitrogen and oxygen atoms in total. The van der Waals surface area contributed by atoms with Crippen LogP contribution in [0.25, 0.3) is 0 Å². The Hall–Kier alpha value is -1.35. The van der Waals surface area contributed by atoms with E-state index in [1.807, 2.05) is 18.2 Å². The van der Waals surface area contributed by atoms with Gasteiger partial charge in [0.05, 0.1) is 6.10 Å². The quantitative estimate of drug-likeness (QED) is 0.870. The lowest BCUT2D eigenvalue weighted by Gasteiger charge is -2.23. The first-order chi connectivity index (χ1) is 9.66. The molecule has 1 heterocycles. The van der Waals surface area contributed by atoms with Crippen molar-refractivity contribution in [2.24, 2.45) is 11.8 Å². The molecule has 0 spiro atoms. The van der Waals surface area contributed by atoms with E-state index in [0.29, 0.717) is 11.8 Å². The average molecular weight is 273 g/mol. The number of aryl methyl sites for hydroxylation is 1. The zero-order chi connectivity index (χ0) is 14.1. The second-order valence-corrected chi connectivity index (χ2v) is 6.29. The monoisotopic (exact) mass is 273 g/mol. The van der Waals surface area contributed by atoms with Crippen molar-refractivity contribution in [2.75, 3.05) is 6.54 Å². The number of aliphatic hydroxyl groups excluding tert-OH is 1. The number of fused-ring (bicyclic) bond motifs is 1. The number of amides is 1. The van der Waals surface area contributed by atoms with Crippen molar-refractivity contribution in [2.45, 2.75) is 45.1 Å². The Balaban J connectivity index is 1.89. The maximum absolute atomic E-state index is 12.1. The van der Waals surface area contributed by atoms with Gasteiger partial charge in [0.2, 0.25) is 0 Å². The maximum Gasteiger partial charge on any atom is 0.251 e. The van der Waals surface area contributed by atoms with Gasteiger partial charge in [-0.15, -0.1) is 0 Å². The van der Waals surface area contributed by atoms with Crippen LogP contribution in [-0.2, 0) is 6.42 Å². The number of aliphatic hydroxyl groups is 1. The molecular weight excluding hydrogens is 250 g/mol. The molecule has 108 valence electrons. The van der Waals surface area contributed by atoms with Gasteiger partial charge in [-0.05, 0) is 48.3 Å². The van der Waals surface area contributed by atoms with E-state index in [4.69, 9.17) is 0 Å². The smallest absolute Gasteiger partial charge is 0.251 e. The number of nitrogens with one attached hydrogen (secondary N) is 1. The summed E-state index contributed by atoms with van der Waals surface area (Å²) in [4.78, 5) is 12.1. The number of hydrogen-bond acceptors (Lipinski definition) is 2. The van der Waals surface area contributed by atoms with E-state index in [9.17, 15) is 9.90 Å². The molecule has 1 fully saturated rings. The van der Waals surface area contributed by atoms with Crippen LogP contribution in [0.4, 0.5) is 0 Å². The third kappa shape index (κ3) is 2.47. The van der Waals surface area contributed by atoms with Gasteiger partial charge in [0.25, 0.3) is 5.91 Å². The van der Waals surface area contributed by atoms with Crippen LogP contribution in [0.15, 0.2) is 18.2 Å². The van der Waals surface area contributed by atoms with Crippen LogP contribution in [0.3, 0.4) is 0 Å². The molecule has 0 aromatic heterocycles. The Morgan fingerprint density at radius 1 is 1.30 bits per heavy atom. The van der Waals surface area contributed by atoms with Gasteiger partial charge >= 0.3 is 0 Å². The van der Waals surface area contributed by atoms with Crippen molar-refractivity contribution in [3.8, 4) is 0 Å². The number of carbonyl (C=O) groups excluding carboxylic acids is 1. The first-order valence-corrected chi connectivity index (χ1v) is 7.76. The Morgan fingerprint density at radius 3 is 2.90 bits per heavy atom. The topological polar surface area (TPSA) is 49.3 Å². The highest BCUT2D eigenvalue weighted by atomic mass is 16.3. The molecule has 3 unspecified atom stereocenters. The van der Waals surface area contributed by atoms with Crippen molar-refractivity contribution in [1.82, 2.24) is 5.32 Å². The minimum atomic E-state index is -0.436. The molecule has 1 aliphatic carbocycles. The number of benzene rings is 1. The van der Waals surface area contributed by atoms with Crippen LogP contribution in [0.1, 0.15) is 60.2 Å². The number of rotatable bonds is 2. The highest BCUT2D eigenvalue weighted by Crippen LogP contribution is 2.40. The molecule has 1 amide bonds. The minimum Gasteiger partial charge on any atom is -0.388 e. The molecule has 20 heavy (non-hydrogen) atoms. The van der Waals surface area contributed by atoms with E-state index >= 15 is 0 Å². The van der Waals surface area contributed by atoms with E-state index in [2.05, 4.69) is 12.2 Å². The summed E-state index contributed by atoms with van der Waals surface area (Å²) >= 11 is 0. The predicted octanol–water partition coefficient (Wildman–Crippen LogP) is 2.83. The molecule has 0 saturated heterocycles. The maximum atomic E-state index is 12.1. The van der Waals surface area contributed by atoms with E-state index in [0.717, 1.165) is 42.5 Å². The highest BCUT2D eigenvalue weighted by Gasteiger charge is 2.31. The SMILES string of the molecule is CC1CCCC1C(O)c1ccc2c(c1)C(=O)NCCC2. The van der Waals surface area contributed by atoms with Crippen LogP contribution >= 0.6 is 0 Å². The predicted molar refractivity (Wildman–Crippen MR) is 78.6 cm³/mol. The van der Waals surface area contributed by atoms with E-state index in [1.165, 1.54) is 12.8 Å². The van der Waals surface area contributed by atoms with Crippen LogP contribution in [0.5, 0.6) is 0 Å². The first kappa shape index (κ1) is 13.6. The Morgan fingerprint density at radius 2 is 2.15 bits per heavy atom. The van der Waals surface area contributed by atoms with Gasteiger partial charge in [0.1, 0.15) is 0 Å². The van der Waals surface area contributed by atoms with Crippen molar-refractivity contribution in [3.63, 3.8) is 0 Å². The van der Waals surface area contributed by atoms with Crippen LogP contribution < -0.4 is 5.32 Å². The molecule has 3 rings (SSSR count). The standard InChI is InChI=1S/C17H23NO2/c1-11-4-2-6-14(11)16(19)13-8-7-12-5-3-9-18-17(20)15(12)10-13/h7-8,10-11,14,16,19H,2-6,9H2,1H3,(H,18,20). The Labute approximate surface area is 120 Å². The van der Waals surface area contributed by atoms with Crippen molar-refractivity contribution in [1.29, 1.82) is 0 Å². The zero-order valence-corrected chi connectivity index (χ0v) is 12.1. The molecule has 1 aromatic carbocycles. The Bertz CT molecular complexity index is 512. The third-order valence-electron chi connectivity index (χ3n) is 4.96. The second kappa shape index (κ2) is 5.57. The van der Waals surface area contributed by atoms with Gasteiger partial charge in [-0.3, -0.25) is 4.79 Å². The molecule has 2 aliphatic rings. The van der Waals surface area contributed by atoms with Crippen LogP contribution in [0.2, 0.25) is 0 Å². The molecule has 3 atom stereocenters. The second-order valence-electron chi connectivity index (χ2n) is 6.29. The molecule has 1 aromatic rings. The van der Waals surface area contributed by atoms with Gasteiger partial charge in [-0.25, -0.2) is 0 Å². The fourth-order valence-corrected chi connectivity index (χ4v) is 3.67. The van der Waals surface area contributed by atoms with Gasteiger partial charge in [0.15, 0.2) is 0 Å². The Kier molecular flexibility index (Phi) is 3.79. The van der Waals surface area contributed by atoms with E-state index < -0.39 is 6.10 Å². The summed E-state index contributed by atoms with van der Waals surface area (Å²) < 4.78 is 0. The summed E-state index contributed by atoms with van der Waals surface area (Å²) in [7, 11) is 0. The summed E-state index contributed by atoms with van der Waals surface area (Å²) in [5.41, 5.74) is 2.76. The lowest BCUT2D eigenvalue weighted by Crippen LogP contribution is -2.23. The van der Waals surface area contributed by atoms with Crippen LogP contribution in [0, 0.1) is 11.8 Å². The number of carbonyl (C=O) groups is 1. The lowest BCUT2D eigenvalue weighted by molar-refractivity contribution is 0.0896. The average Bonchev–Trinajstić information content (AvgIpc) is 2.79. The van der Waals surface area contributed by atoms with Crippen molar-refractivity contribution < 1.29 is 9.90 Å². The molecule has 1 aliphatic heterocycles. The summed E-state index contributed by atoms with van der Waals surface area (Å²) in [5.74, 6) is 0.908. The summed E-state index contributed by atoms with van der Waals surface area (Å²) in [5, 5.41) is 13.5. The summed E-state index contributed by atoms with van der Waals surface area (Å²) in [6.07, 6.45) is 4.98. The third-order valence-corrected chi connectivity index (χ3v) is 4.96. The molecule has 1 saturated carbocycles. The van der Waals surface area contributed by atoms with Gasteiger partial charge in [-0.1, -0.05) is 31.9 Å².